The molecule has 1 aromatic rings. The highest BCUT2D eigenvalue weighted by molar-refractivity contribution is 9.10. The van der Waals surface area contributed by atoms with Crippen molar-refractivity contribution >= 4 is 15.9 Å². The van der Waals surface area contributed by atoms with Crippen molar-refractivity contribution < 1.29 is 22.6 Å². The molecule has 0 unspecified atom stereocenters. The Kier molecular flexibility index (Phi) is 4.25. The second-order valence-electron chi connectivity index (χ2n) is 4.34. The fourth-order valence-electron chi connectivity index (χ4n) is 1.85. The standard InChI is InChI=1S/C12H13BrF3NO2/c1-17-7-4-9(5-7)18-8-2-3-11(10(13)6-8)19-12(14,15)16/h2-3,6-7,9,17H,4-5H2,1H3. The molecule has 0 aliphatic heterocycles. The highest BCUT2D eigenvalue weighted by atomic mass is 79.9. The van der Waals surface area contributed by atoms with Gasteiger partial charge in [-0.25, -0.2) is 0 Å². The van der Waals surface area contributed by atoms with Gasteiger partial charge < -0.3 is 14.8 Å². The molecule has 3 nitrogen and oxygen atoms in total. The van der Waals surface area contributed by atoms with Crippen LogP contribution in [0.5, 0.6) is 11.5 Å². The Morgan fingerprint density at radius 2 is 2.00 bits per heavy atom. The number of hydrogen-bond donors (Lipinski definition) is 1. The van der Waals surface area contributed by atoms with Crippen LogP contribution >= 0.6 is 15.9 Å². The number of ether oxygens (including phenoxy) is 2. The number of benzene rings is 1. The summed E-state index contributed by atoms with van der Waals surface area (Å²) < 4.78 is 46.0. The molecule has 1 aromatic carbocycles. The molecule has 0 bridgehead atoms. The molecule has 106 valence electrons. The molecule has 19 heavy (non-hydrogen) atoms. The topological polar surface area (TPSA) is 30.5 Å². The molecule has 1 fully saturated rings. The van der Waals surface area contributed by atoms with Crippen molar-refractivity contribution in [2.24, 2.45) is 0 Å². The fourth-order valence-corrected chi connectivity index (χ4v) is 2.29. The minimum atomic E-state index is -4.70. The monoisotopic (exact) mass is 339 g/mol. The van der Waals surface area contributed by atoms with Gasteiger partial charge in [-0.05, 0) is 54.0 Å². The van der Waals surface area contributed by atoms with E-state index in [9.17, 15) is 13.2 Å². The highest BCUT2D eigenvalue weighted by Crippen LogP contribution is 2.34. The molecule has 1 aliphatic rings. The van der Waals surface area contributed by atoms with Crippen LogP contribution in [0.25, 0.3) is 0 Å². The Labute approximate surface area is 117 Å². The van der Waals surface area contributed by atoms with Gasteiger partial charge in [0.25, 0.3) is 0 Å². The lowest BCUT2D eigenvalue weighted by molar-refractivity contribution is -0.274. The molecule has 7 heteroatoms. The van der Waals surface area contributed by atoms with Crippen molar-refractivity contribution in [1.29, 1.82) is 0 Å². The lowest BCUT2D eigenvalue weighted by Gasteiger charge is -2.35. The maximum atomic E-state index is 12.1. The maximum absolute atomic E-state index is 12.1. The third kappa shape index (κ3) is 4.01. The summed E-state index contributed by atoms with van der Waals surface area (Å²) >= 11 is 3.04. The number of halogens is 4. The number of rotatable bonds is 4. The molecule has 0 radical (unpaired) electrons. The quantitative estimate of drug-likeness (QED) is 0.910. The summed E-state index contributed by atoms with van der Waals surface area (Å²) in [6.45, 7) is 0. The Morgan fingerprint density at radius 3 is 2.53 bits per heavy atom. The Morgan fingerprint density at radius 1 is 1.32 bits per heavy atom. The van der Waals surface area contributed by atoms with Crippen LogP contribution in [-0.4, -0.2) is 25.6 Å². The molecular weight excluding hydrogens is 327 g/mol. The van der Waals surface area contributed by atoms with Crippen LogP contribution in [0.1, 0.15) is 12.8 Å². The van der Waals surface area contributed by atoms with E-state index in [-0.39, 0.29) is 16.3 Å². The van der Waals surface area contributed by atoms with Crippen molar-refractivity contribution in [2.45, 2.75) is 31.3 Å². The van der Waals surface area contributed by atoms with Crippen LogP contribution in [-0.2, 0) is 0 Å². The second-order valence-corrected chi connectivity index (χ2v) is 5.19. The zero-order chi connectivity index (χ0) is 14.0. The van der Waals surface area contributed by atoms with Gasteiger partial charge in [-0.3, -0.25) is 0 Å². The molecule has 0 amide bonds. The number of nitrogens with one attached hydrogen (secondary N) is 1. The van der Waals surface area contributed by atoms with E-state index in [0.717, 1.165) is 12.8 Å². The van der Waals surface area contributed by atoms with Crippen molar-refractivity contribution in [1.82, 2.24) is 5.32 Å². The Bertz CT molecular complexity index is 447. The summed E-state index contributed by atoms with van der Waals surface area (Å²) in [5.41, 5.74) is 0. The first-order chi connectivity index (χ1) is 8.87. The van der Waals surface area contributed by atoms with Crippen molar-refractivity contribution in [3.8, 4) is 11.5 Å². The first kappa shape index (κ1) is 14.5. The van der Waals surface area contributed by atoms with Crippen LogP contribution in [0.15, 0.2) is 22.7 Å². The van der Waals surface area contributed by atoms with Gasteiger partial charge in [-0.2, -0.15) is 0 Å². The summed E-state index contributed by atoms with van der Waals surface area (Å²) in [6, 6.07) is 4.65. The molecular formula is C12H13BrF3NO2. The molecule has 2 rings (SSSR count). The molecule has 0 saturated heterocycles. The third-order valence-corrected chi connectivity index (χ3v) is 3.55. The van der Waals surface area contributed by atoms with Crippen LogP contribution in [0.4, 0.5) is 13.2 Å². The Hall–Kier alpha value is -0.950. The van der Waals surface area contributed by atoms with Crippen LogP contribution in [0, 0.1) is 0 Å². The van der Waals surface area contributed by atoms with Crippen LogP contribution in [0.2, 0.25) is 0 Å². The predicted molar refractivity (Wildman–Crippen MR) is 67.3 cm³/mol. The molecule has 1 N–H and O–H groups in total. The summed E-state index contributed by atoms with van der Waals surface area (Å²) in [6.07, 6.45) is -2.79. The van der Waals surface area contributed by atoms with E-state index >= 15 is 0 Å². The molecule has 0 aromatic heterocycles. The molecule has 1 saturated carbocycles. The minimum absolute atomic E-state index is 0.110. The zero-order valence-electron chi connectivity index (χ0n) is 10.1. The van der Waals surface area contributed by atoms with Crippen molar-refractivity contribution in [3.63, 3.8) is 0 Å². The molecule has 0 heterocycles. The third-order valence-electron chi connectivity index (χ3n) is 2.93. The van der Waals surface area contributed by atoms with Gasteiger partial charge >= 0.3 is 6.36 Å². The zero-order valence-corrected chi connectivity index (χ0v) is 11.7. The van der Waals surface area contributed by atoms with E-state index in [1.54, 1.807) is 0 Å². The van der Waals surface area contributed by atoms with Gasteiger partial charge in [0.1, 0.15) is 17.6 Å². The molecule has 1 aliphatic carbocycles. The summed E-state index contributed by atoms with van der Waals surface area (Å²) in [4.78, 5) is 0. The van der Waals surface area contributed by atoms with E-state index in [0.29, 0.717) is 11.8 Å². The first-order valence-corrected chi connectivity index (χ1v) is 6.56. The van der Waals surface area contributed by atoms with Crippen molar-refractivity contribution in [2.75, 3.05) is 7.05 Å². The van der Waals surface area contributed by atoms with Crippen LogP contribution in [0.3, 0.4) is 0 Å². The average molecular weight is 340 g/mol. The first-order valence-electron chi connectivity index (χ1n) is 5.76. The molecule has 0 spiro atoms. The largest absolute Gasteiger partial charge is 0.573 e. The number of hydrogen-bond acceptors (Lipinski definition) is 3. The van der Waals surface area contributed by atoms with Gasteiger partial charge in [0.2, 0.25) is 0 Å². The van der Waals surface area contributed by atoms with Gasteiger partial charge in [0, 0.05) is 6.04 Å². The summed E-state index contributed by atoms with van der Waals surface area (Å²) in [5, 5.41) is 3.13. The lowest BCUT2D eigenvalue weighted by atomic mass is 9.89. The summed E-state index contributed by atoms with van der Waals surface area (Å²) in [7, 11) is 1.89. The predicted octanol–water partition coefficient (Wildman–Crippen LogP) is 3.48. The van der Waals surface area contributed by atoms with Crippen LogP contribution < -0.4 is 14.8 Å². The van der Waals surface area contributed by atoms with Crippen molar-refractivity contribution in [3.05, 3.63) is 22.7 Å². The Balaban J connectivity index is 1.95. The van der Waals surface area contributed by atoms with E-state index in [1.807, 2.05) is 7.05 Å². The van der Waals surface area contributed by atoms with Gasteiger partial charge in [-0.15, -0.1) is 13.2 Å². The van der Waals surface area contributed by atoms with E-state index < -0.39 is 6.36 Å². The average Bonchev–Trinajstić information content (AvgIpc) is 2.25. The maximum Gasteiger partial charge on any atom is 0.573 e. The van der Waals surface area contributed by atoms with E-state index in [1.165, 1.54) is 18.2 Å². The summed E-state index contributed by atoms with van der Waals surface area (Å²) in [5.74, 6) is 0.252. The normalized spacial score (nSPS) is 22.8. The highest BCUT2D eigenvalue weighted by Gasteiger charge is 2.32. The SMILES string of the molecule is CNC1CC(Oc2ccc(OC(F)(F)F)c(Br)c2)C1. The smallest absolute Gasteiger partial charge is 0.490 e. The van der Waals surface area contributed by atoms with Gasteiger partial charge in [0.15, 0.2) is 0 Å². The van der Waals surface area contributed by atoms with E-state index in [4.69, 9.17) is 4.74 Å². The lowest BCUT2D eigenvalue weighted by Crippen LogP contribution is -2.45. The molecule has 0 atom stereocenters. The fraction of sp³-hybridized carbons (Fsp3) is 0.500. The minimum Gasteiger partial charge on any atom is -0.490 e. The number of alkyl halides is 3. The van der Waals surface area contributed by atoms with Gasteiger partial charge in [-0.1, -0.05) is 0 Å². The van der Waals surface area contributed by atoms with Gasteiger partial charge in [0.05, 0.1) is 4.47 Å². The second kappa shape index (κ2) is 5.58. The van der Waals surface area contributed by atoms with E-state index in [2.05, 4.69) is 26.0 Å².